The SMILES string of the molecule is C/C=C\C(=C(/N)NCC)C1(C=O)Cc2ccc(CCCN3C(=O)C4(CCCCC4)N=C3C3=CC=CCC3)cc2C1. The van der Waals surface area contributed by atoms with E-state index in [2.05, 4.69) is 41.7 Å². The highest BCUT2D eigenvalue weighted by Gasteiger charge is 2.48. The number of allylic oxidation sites excluding steroid dienone is 6. The predicted molar refractivity (Wildman–Crippen MR) is 162 cm³/mol. The smallest absolute Gasteiger partial charge is 0.256 e. The molecule has 1 heterocycles. The molecule has 0 bridgehead atoms. The van der Waals surface area contributed by atoms with Crippen molar-refractivity contribution in [2.45, 2.75) is 90.0 Å². The monoisotopic (exact) mass is 540 g/mol. The van der Waals surface area contributed by atoms with Crippen LogP contribution in [0, 0.1) is 5.41 Å². The van der Waals surface area contributed by atoms with Crippen LogP contribution in [0.3, 0.4) is 0 Å². The number of amidine groups is 1. The van der Waals surface area contributed by atoms with Crippen molar-refractivity contribution in [3.63, 3.8) is 0 Å². The van der Waals surface area contributed by atoms with Crippen molar-refractivity contribution in [2.75, 3.05) is 13.1 Å². The molecule has 6 nitrogen and oxygen atoms in total. The molecule has 0 radical (unpaired) electrons. The van der Waals surface area contributed by atoms with Crippen LogP contribution in [0.1, 0.15) is 81.9 Å². The van der Waals surface area contributed by atoms with Crippen LogP contribution < -0.4 is 11.1 Å². The molecule has 6 heteroatoms. The Morgan fingerprint density at radius 3 is 2.67 bits per heavy atom. The van der Waals surface area contributed by atoms with Gasteiger partial charge in [-0.05, 0) is 87.5 Å². The third kappa shape index (κ3) is 5.33. The third-order valence-electron chi connectivity index (χ3n) is 9.08. The Hall–Kier alpha value is -3.41. The fraction of sp³-hybridized carbons (Fsp3) is 0.500. The molecular formula is C34H44N4O2. The minimum Gasteiger partial charge on any atom is -0.385 e. The van der Waals surface area contributed by atoms with Crippen molar-refractivity contribution in [2.24, 2.45) is 16.1 Å². The predicted octanol–water partition coefficient (Wildman–Crippen LogP) is 5.48. The second kappa shape index (κ2) is 12.0. The zero-order valence-corrected chi connectivity index (χ0v) is 24.2. The molecule has 1 atom stereocenters. The number of rotatable bonds is 10. The number of fused-ring (bicyclic) bond motifs is 1. The number of benzene rings is 1. The molecule has 1 spiro atoms. The number of nitrogens with zero attached hydrogens (tertiary/aromatic N) is 2. The van der Waals surface area contributed by atoms with E-state index in [9.17, 15) is 9.59 Å². The molecule has 3 N–H and O–H groups in total. The van der Waals surface area contributed by atoms with Gasteiger partial charge in [-0.25, -0.2) is 0 Å². The number of nitrogens with one attached hydrogen (secondary N) is 1. The first-order valence-corrected chi connectivity index (χ1v) is 15.2. The second-order valence-corrected chi connectivity index (χ2v) is 11.8. The summed E-state index contributed by atoms with van der Waals surface area (Å²) in [4.78, 5) is 33.5. The van der Waals surface area contributed by atoms with Gasteiger partial charge in [0.2, 0.25) is 0 Å². The number of hydrogen-bond donors (Lipinski definition) is 2. The van der Waals surface area contributed by atoms with E-state index in [0.29, 0.717) is 31.8 Å². The van der Waals surface area contributed by atoms with Crippen LogP contribution in [-0.4, -0.2) is 41.6 Å². The first-order valence-electron chi connectivity index (χ1n) is 15.2. The molecular weight excluding hydrogens is 496 g/mol. The first kappa shape index (κ1) is 28.1. The van der Waals surface area contributed by atoms with Crippen LogP contribution in [0.5, 0.6) is 0 Å². The molecule has 1 saturated carbocycles. The van der Waals surface area contributed by atoms with E-state index in [0.717, 1.165) is 69.1 Å². The third-order valence-corrected chi connectivity index (χ3v) is 9.08. The molecule has 1 aromatic carbocycles. The van der Waals surface area contributed by atoms with Gasteiger partial charge in [-0.1, -0.05) is 67.8 Å². The Morgan fingerprint density at radius 1 is 1.18 bits per heavy atom. The standard InChI is InChI=1S/C34H44N4O2/c1-3-12-29(30(35)36-4-2)33(24-39)22-27-17-16-25(21-28(27)23-33)13-11-20-38-31(26-14-7-5-8-15-26)37-34(32(38)40)18-9-6-10-19-34/h3,5,7,12,14,16-17,21,24,36H,4,6,8-11,13,15,18-20,22-23,35H2,1-2H3/b12-3-,30-29-. The van der Waals surface area contributed by atoms with E-state index in [4.69, 9.17) is 10.7 Å². The van der Waals surface area contributed by atoms with Gasteiger partial charge in [-0.3, -0.25) is 14.7 Å². The summed E-state index contributed by atoms with van der Waals surface area (Å²) in [6.45, 7) is 5.35. The number of nitrogens with two attached hydrogens (primary N) is 1. The van der Waals surface area contributed by atoms with E-state index < -0.39 is 11.0 Å². The lowest BCUT2D eigenvalue weighted by molar-refractivity contribution is -0.132. The fourth-order valence-electron chi connectivity index (χ4n) is 7.03. The molecule has 0 saturated heterocycles. The maximum atomic E-state index is 13.8. The summed E-state index contributed by atoms with van der Waals surface area (Å²) in [7, 11) is 0. The summed E-state index contributed by atoms with van der Waals surface area (Å²) >= 11 is 0. The van der Waals surface area contributed by atoms with Crippen LogP contribution in [-0.2, 0) is 28.9 Å². The van der Waals surface area contributed by atoms with Crippen molar-refractivity contribution >= 4 is 18.0 Å². The molecule has 1 amide bonds. The van der Waals surface area contributed by atoms with Gasteiger partial charge in [0.25, 0.3) is 5.91 Å². The quantitative estimate of drug-likeness (QED) is 0.304. The van der Waals surface area contributed by atoms with E-state index in [1.807, 2.05) is 30.9 Å². The zero-order chi connectivity index (χ0) is 28.2. The Morgan fingerprint density at radius 2 is 1.98 bits per heavy atom. The molecule has 0 aromatic heterocycles. The van der Waals surface area contributed by atoms with Crippen molar-refractivity contribution in [1.29, 1.82) is 0 Å². The van der Waals surface area contributed by atoms with Gasteiger partial charge in [-0.15, -0.1) is 0 Å². The van der Waals surface area contributed by atoms with Crippen LogP contribution >= 0.6 is 0 Å². The van der Waals surface area contributed by atoms with Crippen molar-refractivity contribution in [3.8, 4) is 0 Å². The minimum atomic E-state index is -0.649. The summed E-state index contributed by atoms with van der Waals surface area (Å²) in [5.74, 6) is 1.71. The van der Waals surface area contributed by atoms with E-state index in [1.165, 1.54) is 28.7 Å². The average Bonchev–Trinajstić information content (AvgIpc) is 3.48. The minimum absolute atomic E-state index is 0.212. The molecule has 1 fully saturated rings. The number of aldehydes is 1. The molecule has 5 rings (SSSR count). The highest BCUT2D eigenvalue weighted by Crippen LogP contribution is 2.43. The number of aryl methyl sites for hydroxylation is 1. The lowest BCUT2D eigenvalue weighted by Gasteiger charge is -2.29. The molecule has 212 valence electrons. The van der Waals surface area contributed by atoms with Gasteiger partial charge in [0, 0.05) is 18.7 Å². The summed E-state index contributed by atoms with van der Waals surface area (Å²) in [6.07, 6.45) is 21.6. The summed E-state index contributed by atoms with van der Waals surface area (Å²) in [5.41, 5.74) is 10.9. The Kier molecular flexibility index (Phi) is 8.43. The van der Waals surface area contributed by atoms with Crippen LogP contribution in [0.4, 0.5) is 0 Å². The maximum Gasteiger partial charge on any atom is 0.256 e. The average molecular weight is 541 g/mol. The van der Waals surface area contributed by atoms with Crippen LogP contribution in [0.15, 0.2) is 70.5 Å². The number of amides is 1. The number of hydrogen-bond acceptors (Lipinski definition) is 5. The number of aliphatic imine (C=N–C) groups is 1. The Bertz CT molecular complexity index is 1290. The second-order valence-electron chi connectivity index (χ2n) is 11.8. The Balaban J connectivity index is 1.30. The van der Waals surface area contributed by atoms with E-state index in [1.54, 1.807) is 0 Å². The zero-order valence-electron chi connectivity index (χ0n) is 24.2. The molecule has 1 aromatic rings. The Labute approximate surface area is 239 Å². The fourth-order valence-corrected chi connectivity index (χ4v) is 7.03. The normalized spacial score (nSPS) is 24.2. The maximum absolute atomic E-state index is 13.8. The molecule has 4 aliphatic rings. The highest BCUT2D eigenvalue weighted by molar-refractivity contribution is 6.15. The molecule has 3 aliphatic carbocycles. The first-order chi connectivity index (χ1) is 19.4. The van der Waals surface area contributed by atoms with Gasteiger partial charge in [0.05, 0.1) is 5.41 Å². The largest absolute Gasteiger partial charge is 0.385 e. The van der Waals surface area contributed by atoms with Gasteiger partial charge in [0.1, 0.15) is 23.5 Å². The van der Waals surface area contributed by atoms with Gasteiger partial charge in [0.15, 0.2) is 0 Å². The van der Waals surface area contributed by atoms with Crippen molar-refractivity contribution in [1.82, 2.24) is 10.2 Å². The van der Waals surface area contributed by atoms with Gasteiger partial charge >= 0.3 is 0 Å². The number of carbonyl (C=O) groups excluding carboxylic acids is 2. The van der Waals surface area contributed by atoms with E-state index in [-0.39, 0.29) is 5.91 Å². The van der Waals surface area contributed by atoms with Gasteiger partial charge < -0.3 is 15.8 Å². The van der Waals surface area contributed by atoms with Gasteiger partial charge in [-0.2, -0.15) is 0 Å². The summed E-state index contributed by atoms with van der Waals surface area (Å²) < 4.78 is 0. The highest BCUT2D eigenvalue weighted by atomic mass is 16.2. The topological polar surface area (TPSA) is 87.8 Å². The van der Waals surface area contributed by atoms with Crippen molar-refractivity contribution in [3.05, 3.63) is 82.2 Å². The van der Waals surface area contributed by atoms with E-state index >= 15 is 0 Å². The number of carbonyl (C=O) groups is 2. The lowest BCUT2D eigenvalue weighted by atomic mass is 9.78. The summed E-state index contributed by atoms with van der Waals surface area (Å²) in [6, 6.07) is 6.62. The summed E-state index contributed by atoms with van der Waals surface area (Å²) in [5, 5.41) is 3.21. The molecule has 1 aliphatic heterocycles. The lowest BCUT2D eigenvalue weighted by Crippen LogP contribution is -2.44. The molecule has 40 heavy (non-hydrogen) atoms. The van der Waals surface area contributed by atoms with Crippen LogP contribution in [0.25, 0.3) is 0 Å². The van der Waals surface area contributed by atoms with Crippen LogP contribution in [0.2, 0.25) is 0 Å². The molecule has 1 unspecified atom stereocenters. The van der Waals surface area contributed by atoms with Crippen molar-refractivity contribution < 1.29 is 9.59 Å².